The number of carbonyl (C=O) groups excluding carboxylic acids is 1. The summed E-state index contributed by atoms with van der Waals surface area (Å²) >= 11 is 4.83. The normalized spacial score (nSPS) is 21.2. The lowest BCUT2D eigenvalue weighted by atomic mass is 10.4. The third-order valence-electron chi connectivity index (χ3n) is 0.197. The molecule has 0 aromatic carbocycles. The van der Waals surface area contributed by atoms with Crippen molar-refractivity contribution in [3.8, 4) is 0 Å². The van der Waals surface area contributed by atoms with Gasteiger partial charge < -0.3 is 0 Å². The lowest BCUT2D eigenvalue weighted by Crippen LogP contribution is -1.81. The Kier molecular flexibility index (Phi) is 0.442. The summed E-state index contributed by atoms with van der Waals surface area (Å²) < 4.78 is 33.2. The minimum Gasteiger partial charge on any atom is -0.276 e. The van der Waals surface area contributed by atoms with E-state index in [4.69, 9.17) is 18.5 Å². The second-order valence-electron chi connectivity index (χ2n) is 0.649. The molecule has 0 atom stereocenters. The maximum absolute atomic E-state index is 10.3. The minimum atomic E-state index is -2.77. The Hall–Kier alpha value is -0.300. The number of rotatable bonds is 1. The second kappa shape index (κ2) is 1.98. The summed E-state index contributed by atoms with van der Waals surface area (Å²) in [5.74, 6) is 0. The zero-order valence-corrected chi connectivity index (χ0v) is 3.54. The number of hydrogen-bond donors (Lipinski definition) is 0. The molecule has 0 N–H and O–H groups in total. The third-order valence-corrected chi connectivity index (χ3v) is 0.386. The summed E-state index contributed by atoms with van der Waals surface area (Å²) in [5, 5.41) is -1.27. The zero-order chi connectivity index (χ0) is 9.23. The van der Waals surface area contributed by atoms with E-state index in [-0.39, 0.29) is 0 Å². The van der Waals surface area contributed by atoms with Gasteiger partial charge in [0.25, 0.3) is 0 Å². The van der Waals surface area contributed by atoms with Gasteiger partial charge in [-0.2, -0.15) is 0 Å². The molecule has 1 nitrogen and oxygen atoms in total. The highest BCUT2D eigenvalue weighted by Crippen LogP contribution is 1.91. The van der Waals surface area contributed by atoms with E-state index >= 15 is 0 Å². The van der Waals surface area contributed by atoms with Gasteiger partial charge in [0.05, 0.1) is 2.74 Å². The molecule has 0 saturated heterocycles. The standard InChI is InChI=1S/C4H5ClO/c1-3(2)4(5)6/h1H2,2H3/i1D2,2D3. The average molecular weight is 110 g/mol. The molecular weight excluding hydrogens is 99.5 g/mol. The van der Waals surface area contributed by atoms with Crippen LogP contribution in [0.5, 0.6) is 0 Å². The van der Waals surface area contributed by atoms with Gasteiger partial charge in [0.1, 0.15) is 0 Å². The largest absolute Gasteiger partial charge is 0.276 e. The average Bonchev–Trinajstić information content (AvgIpc) is 1.54. The first-order valence-corrected chi connectivity index (χ1v) is 1.52. The van der Waals surface area contributed by atoms with E-state index in [1.54, 1.807) is 0 Å². The number of halogens is 1. The highest BCUT2D eigenvalue weighted by molar-refractivity contribution is 6.67. The SMILES string of the molecule is [2H]C([2H])=C(C(=O)Cl)C([2H])([2H])[2H]. The van der Waals surface area contributed by atoms with Crippen molar-refractivity contribution in [2.45, 2.75) is 6.85 Å². The Morgan fingerprint density at radius 1 is 2.33 bits per heavy atom. The van der Waals surface area contributed by atoms with Crippen LogP contribution in [-0.4, -0.2) is 5.24 Å². The smallest absolute Gasteiger partial charge is 0.247 e. The molecule has 0 aliphatic heterocycles. The molecule has 0 spiro atoms. The second-order valence-corrected chi connectivity index (χ2v) is 0.992. The summed E-state index contributed by atoms with van der Waals surface area (Å²) in [6, 6.07) is 0. The first kappa shape index (κ1) is 1.34. The van der Waals surface area contributed by atoms with Gasteiger partial charge in [0, 0.05) is 9.69 Å². The van der Waals surface area contributed by atoms with Gasteiger partial charge in [-0.25, -0.2) is 0 Å². The van der Waals surface area contributed by atoms with Gasteiger partial charge in [0.2, 0.25) is 5.24 Å². The van der Waals surface area contributed by atoms with Crippen LogP contribution in [0.1, 0.15) is 13.7 Å². The van der Waals surface area contributed by atoms with Gasteiger partial charge in [-0.3, -0.25) is 4.79 Å². The number of allylic oxidation sites excluding steroid dienone is 1. The van der Waals surface area contributed by atoms with Gasteiger partial charge in [-0.1, -0.05) is 6.53 Å². The van der Waals surface area contributed by atoms with E-state index in [0.29, 0.717) is 0 Å². The lowest BCUT2D eigenvalue weighted by molar-refractivity contribution is -0.108. The Balaban J connectivity index is 4.96. The fourth-order valence-electron chi connectivity index (χ4n) is 0. The molecule has 0 bridgehead atoms. The quantitative estimate of drug-likeness (QED) is 0.367. The molecule has 0 aromatic rings. The predicted molar refractivity (Wildman–Crippen MR) is 25.7 cm³/mol. The summed E-state index contributed by atoms with van der Waals surface area (Å²) in [6.45, 7) is -3.83. The lowest BCUT2D eigenvalue weighted by Gasteiger charge is -1.77. The number of carbonyl (C=O) groups is 1. The summed E-state index contributed by atoms with van der Waals surface area (Å²) in [6.07, 6.45) is 0. The maximum Gasteiger partial charge on any atom is 0.247 e. The molecule has 0 aromatic heterocycles. The Labute approximate surface area is 48.6 Å². The van der Waals surface area contributed by atoms with Crippen LogP contribution in [0.4, 0.5) is 0 Å². The van der Waals surface area contributed by atoms with Crippen molar-refractivity contribution in [3.05, 3.63) is 12.1 Å². The fourth-order valence-corrected chi connectivity index (χ4v) is 0. The maximum atomic E-state index is 10.3. The summed E-state index contributed by atoms with van der Waals surface area (Å²) in [4.78, 5) is 10.3. The predicted octanol–water partition coefficient (Wildman–Crippen LogP) is 1.33. The molecule has 34 valence electrons. The van der Waals surface area contributed by atoms with E-state index in [9.17, 15) is 4.79 Å². The van der Waals surface area contributed by atoms with E-state index in [2.05, 4.69) is 0 Å². The van der Waals surface area contributed by atoms with Gasteiger partial charge in [0.15, 0.2) is 0 Å². The molecule has 0 unspecified atom stereocenters. The van der Waals surface area contributed by atoms with Crippen LogP contribution in [0.3, 0.4) is 0 Å². The van der Waals surface area contributed by atoms with Crippen LogP contribution in [0, 0.1) is 0 Å². The first-order valence-electron chi connectivity index (χ1n) is 3.64. The van der Waals surface area contributed by atoms with Crippen molar-refractivity contribution in [2.75, 3.05) is 0 Å². The van der Waals surface area contributed by atoms with E-state index in [1.165, 1.54) is 0 Å². The van der Waals surface area contributed by atoms with Crippen molar-refractivity contribution in [1.29, 1.82) is 0 Å². The Bertz CT molecular complexity index is 201. The molecule has 0 aliphatic carbocycles. The topological polar surface area (TPSA) is 17.1 Å². The summed E-state index contributed by atoms with van der Waals surface area (Å²) in [7, 11) is 0. The van der Waals surface area contributed by atoms with Crippen LogP contribution in [0.15, 0.2) is 12.1 Å². The molecule has 0 radical (unpaired) electrons. The number of hydrogen-bond acceptors (Lipinski definition) is 1. The molecule has 6 heavy (non-hydrogen) atoms. The van der Waals surface area contributed by atoms with Crippen molar-refractivity contribution in [3.63, 3.8) is 0 Å². The van der Waals surface area contributed by atoms with E-state index in [0.717, 1.165) is 0 Å². The van der Waals surface area contributed by atoms with Gasteiger partial charge >= 0.3 is 0 Å². The first-order chi connectivity index (χ1) is 4.76. The van der Waals surface area contributed by atoms with Gasteiger partial charge in [-0.15, -0.1) is 0 Å². The molecular formula is C4H5ClO. The van der Waals surface area contributed by atoms with Crippen LogP contribution < -0.4 is 0 Å². The third kappa shape index (κ3) is 1.97. The van der Waals surface area contributed by atoms with Crippen molar-refractivity contribution >= 4 is 16.8 Å². The van der Waals surface area contributed by atoms with Crippen LogP contribution in [0.25, 0.3) is 0 Å². The van der Waals surface area contributed by atoms with Gasteiger partial charge in [-0.05, 0) is 18.5 Å². The molecule has 0 fully saturated rings. The van der Waals surface area contributed by atoms with Crippen molar-refractivity contribution < 1.29 is 11.6 Å². The van der Waals surface area contributed by atoms with Crippen molar-refractivity contribution in [2.24, 2.45) is 0 Å². The van der Waals surface area contributed by atoms with Crippen LogP contribution in [-0.2, 0) is 4.79 Å². The van der Waals surface area contributed by atoms with E-state index in [1.807, 2.05) is 0 Å². The Morgan fingerprint density at radius 2 is 3.00 bits per heavy atom. The van der Waals surface area contributed by atoms with E-state index < -0.39 is 24.2 Å². The molecule has 0 heterocycles. The highest BCUT2D eigenvalue weighted by atomic mass is 35.5. The zero-order valence-electron chi connectivity index (χ0n) is 7.79. The van der Waals surface area contributed by atoms with Crippen molar-refractivity contribution in [1.82, 2.24) is 0 Å². The molecule has 0 amide bonds. The highest BCUT2D eigenvalue weighted by Gasteiger charge is 1.89. The van der Waals surface area contributed by atoms with Crippen LogP contribution >= 0.6 is 11.6 Å². The molecule has 0 aliphatic rings. The molecule has 2 heteroatoms. The monoisotopic (exact) mass is 109 g/mol. The molecule has 0 saturated carbocycles. The van der Waals surface area contributed by atoms with Crippen LogP contribution in [0.2, 0.25) is 0 Å². The summed E-state index contributed by atoms with van der Waals surface area (Å²) in [5.41, 5.74) is -0.945. The fraction of sp³-hybridized carbons (Fsp3) is 0.250. The minimum absolute atomic E-state index is 0.945. The Morgan fingerprint density at radius 3 is 3.00 bits per heavy atom. The molecule has 0 rings (SSSR count).